The Morgan fingerprint density at radius 2 is 1.56 bits per heavy atom. The third-order valence-corrected chi connectivity index (χ3v) is 4.53. The van der Waals surface area contributed by atoms with Crippen molar-refractivity contribution in [3.8, 4) is 0 Å². The second-order valence-corrected chi connectivity index (χ2v) is 6.62. The van der Waals surface area contributed by atoms with Crippen molar-refractivity contribution in [1.29, 1.82) is 0 Å². The van der Waals surface area contributed by atoms with Crippen LogP contribution in [0.1, 0.15) is 34.5 Å². The van der Waals surface area contributed by atoms with Crippen molar-refractivity contribution in [2.45, 2.75) is 13.0 Å². The van der Waals surface area contributed by atoms with Crippen LogP contribution in [-0.4, -0.2) is 22.3 Å². The van der Waals surface area contributed by atoms with E-state index in [0.29, 0.717) is 12.1 Å². The standard InChI is InChI=1S/C21H19BrN2O/c1-2-24(21(25)18-13-19(22)15-23-14-18)20(16-9-5-3-6-10-16)17-11-7-4-8-12-17/h3-15,20H,2H2,1H3. The maximum atomic E-state index is 13.2. The smallest absolute Gasteiger partial charge is 0.256 e. The highest BCUT2D eigenvalue weighted by Gasteiger charge is 2.26. The lowest BCUT2D eigenvalue weighted by Gasteiger charge is -2.32. The topological polar surface area (TPSA) is 33.2 Å². The van der Waals surface area contributed by atoms with Crippen molar-refractivity contribution in [1.82, 2.24) is 9.88 Å². The number of amides is 1. The molecule has 0 spiro atoms. The number of aromatic nitrogens is 1. The van der Waals surface area contributed by atoms with E-state index in [1.54, 1.807) is 12.4 Å². The van der Waals surface area contributed by atoms with Crippen molar-refractivity contribution in [3.63, 3.8) is 0 Å². The number of hydrogen-bond acceptors (Lipinski definition) is 2. The maximum absolute atomic E-state index is 13.2. The van der Waals surface area contributed by atoms with Gasteiger partial charge in [-0.15, -0.1) is 0 Å². The normalized spacial score (nSPS) is 10.7. The number of pyridine rings is 1. The molecule has 0 fully saturated rings. The summed E-state index contributed by atoms with van der Waals surface area (Å²) in [7, 11) is 0. The Balaban J connectivity index is 2.05. The monoisotopic (exact) mass is 394 g/mol. The summed E-state index contributed by atoms with van der Waals surface area (Å²) in [5.74, 6) is -0.0333. The van der Waals surface area contributed by atoms with Gasteiger partial charge in [-0.25, -0.2) is 0 Å². The molecule has 3 nitrogen and oxygen atoms in total. The van der Waals surface area contributed by atoms with Gasteiger partial charge in [0, 0.05) is 23.4 Å². The second-order valence-electron chi connectivity index (χ2n) is 5.71. The van der Waals surface area contributed by atoms with E-state index in [0.717, 1.165) is 15.6 Å². The maximum Gasteiger partial charge on any atom is 0.256 e. The minimum atomic E-state index is -0.140. The first-order valence-electron chi connectivity index (χ1n) is 8.22. The van der Waals surface area contributed by atoms with Crippen molar-refractivity contribution in [3.05, 3.63) is 100 Å². The van der Waals surface area contributed by atoms with Crippen molar-refractivity contribution in [2.24, 2.45) is 0 Å². The molecule has 0 radical (unpaired) electrons. The van der Waals surface area contributed by atoms with Gasteiger partial charge in [0.05, 0.1) is 11.6 Å². The molecule has 1 aromatic heterocycles. The van der Waals surface area contributed by atoms with E-state index in [1.165, 1.54) is 0 Å². The van der Waals surface area contributed by atoms with E-state index < -0.39 is 0 Å². The van der Waals surface area contributed by atoms with Crippen LogP contribution in [0.25, 0.3) is 0 Å². The molecule has 0 aliphatic rings. The number of halogens is 1. The van der Waals surface area contributed by atoms with Crippen LogP contribution >= 0.6 is 15.9 Å². The van der Waals surface area contributed by atoms with Crippen LogP contribution < -0.4 is 0 Å². The van der Waals surface area contributed by atoms with Crippen LogP contribution in [0, 0.1) is 0 Å². The molecule has 0 aliphatic carbocycles. The van der Waals surface area contributed by atoms with E-state index in [4.69, 9.17) is 0 Å². The highest BCUT2D eigenvalue weighted by Crippen LogP contribution is 2.30. The molecule has 0 unspecified atom stereocenters. The molecule has 0 N–H and O–H groups in total. The summed E-state index contributed by atoms with van der Waals surface area (Å²) in [5, 5.41) is 0. The van der Waals surface area contributed by atoms with Crippen LogP contribution in [0.15, 0.2) is 83.6 Å². The number of hydrogen-bond donors (Lipinski definition) is 0. The molecule has 0 saturated heterocycles. The van der Waals surface area contributed by atoms with Crippen LogP contribution in [0.2, 0.25) is 0 Å². The summed E-state index contributed by atoms with van der Waals surface area (Å²) in [5.41, 5.74) is 2.76. The lowest BCUT2D eigenvalue weighted by Crippen LogP contribution is -2.35. The third-order valence-electron chi connectivity index (χ3n) is 4.10. The quantitative estimate of drug-likeness (QED) is 0.603. The van der Waals surface area contributed by atoms with Gasteiger partial charge in [0.2, 0.25) is 0 Å². The summed E-state index contributed by atoms with van der Waals surface area (Å²) in [4.78, 5) is 19.2. The van der Waals surface area contributed by atoms with Gasteiger partial charge in [-0.05, 0) is 40.0 Å². The van der Waals surface area contributed by atoms with Gasteiger partial charge in [0.1, 0.15) is 0 Å². The highest BCUT2D eigenvalue weighted by atomic mass is 79.9. The molecule has 0 saturated carbocycles. The van der Waals surface area contributed by atoms with Gasteiger partial charge >= 0.3 is 0 Å². The summed E-state index contributed by atoms with van der Waals surface area (Å²) in [6.45, 7) is 2.60. The van der Waals surface area contributed by atoms with Crippen molar-refractivity contribution < 1.29 is 4.79 Å². The molecule has 1 amide bonds. The first-order chi connectivity index (χ1) is 12.2. The summed E-state index contributed by atoms with van der Waals surface area (Å²) in [6, 6.07) is 21.9. The van der Waals surface area contributed by atoms with Crippen molar-refractivity contribution >= 4 is 21.8 Å². The number of carbonyl (C=O) groups is 1. The first-order valence-corrected chi connectivity index (χ1v) is 9.01. The van der Waals surface area contributed by atoms with E-state index in [-0.39, 0.29) is 11.9 Å². The van der Waals surface area contributed by atoms with Gasteiger partial charge in [-0.3, -0.25) is 9.78 Å². The predicted molar refractivity (Wildman–Crippen MR) is 103 cm³/mol. The molecule has 0 bridgehead atoms. The molecule has 4 heteroatoms. The Bertz CT molecular complexity index is 797. The van der Waals surface area contributed by atoms with Gasteiger partial charge in [-0.2, -0.15) is 0 Å². The van der Waals surface area contributed by atoms with E-state index in [2.05, 4.69) is 45.2 Å². The van der Waals surface area contributed by atoms with E-state index in [1.807, 2.05) is 54.3 Å². The molecular weight excluding hydrogens is 376 g/mol. The molecule has 3 rings (SSSR count). The molecule has 2 aromatic carbocycles. The van der Waals surface area contributed by atoms with Gasteiger partial charge in [0.15, 0.2) is 0 Å². The first kappa shape index (κ1) is 17.4. The minimum absolute atomic E-state index is 0.0333. The second kappa shape index (κ2) is 8.08. The molecule has 25 heavy (non-hydrogen) atoms. The Morgan fingerprint density at radius 3 is 2.04 bits per heavy atom. The van der Waals surface area contributed by atoms with E-state index >= 15 is 0 Å². The average Bonchev–Trinajstić information content (AvgIpc) is 2.67. The SMILES string of the molecule is CCN(C(=O)c1cncc(Br)c1)C(c1ccccc1)c1ccccc1. The highest BCUT2D eigenvalue weighted by molar-refractivity contribution is 9.10. The Labute approximate surface area is 156 Å². The Kier molecular flexibility index (Phi) is 5.61. The zero-order valence-corrected chi connectivity index (χ0v) is 15.6. The molecule has 3 aromatic rings. The minimum Gasteiger partial charge on any atom is -0.328 e. The predicted octanol–water partition coefficient (Wildman–Crippen LogP) is 5.10. The van der Waals surface area contributed by atoms with E-state index in [9.17, 15) is 4.79 Å². The van der Waals surface area contributed by atoms with Gasteiger partial charge < -0.3 is 4.90 Å². The van der Waals surface area contributed by atoms with Crippen LogP contribution in [0.4, 0.5) is 0 Å². The van der Waals surface area contributed by atoms with Crippen LogP contribution in [0.3, 0.4) is 0 Å². The third kappa shape index (κ3) is 3.97. The molecule has 1 heterocycles. The summed E-state index contributed by atoms with van der Waals surface area (Å²) in [6.07, 6.45) is 3.29. The fraction of sp³-hybridized carbons (Fsp3) is 0.143. The number of benzene rings is 2. The van der Waals surface area contributed by atoms with Crippen molar-refractivity contribution in [2.75, 3.05) is 6.54 Å². The molecular formula is C21H19BrN2O. The summed E-state index contributed by atoms with van der Waals surface area (Å²) >= 11 is 3.40. The van der Waals surface area contributed by atoms with Crippen LogP contribution in [-0.2, 0) is 0 Å². The van der Waals surface area contributed by atoms with Gasteiger partial charge in [-0.1, -0.05) is 60.7 Å². The van der Waals surface area contributed by atoms with Crippen LogP contribution in [0.5, 0.6) is 0 Å². The zero-order valence-electron chi connectivity index (χ0n) is 14.0. The summed E-state index contributed by atoms with van der Waals surface area (Å²) < 4.78 is 0.797. The lowest BCUT2D eigenvalue weighted by atomic mass is 9.96. The fourth-order valence-corrected chi connectivity index (χ4v) is 3.33. The zero-order chi connectivity index (χ0) is 17.6. The Morgan fingerprint density at radius 1 is 1.00 bits per heavy atom. The van der Waals surface area contributed by atoms with Gasteiger partial charge in [0.25, 0.3) is 5.91 Å². The number of rotatable bonds is 5. The Hall–Kier alpha value is -2.46. The number of carbonyl (C=O) groups excluding carboxylic acids is 1. The number of nitrogens with zero attached hydrogens (tertiary/aromatic N) is 2. The molecule has 0 aliphatic heterocycles. The average molecular weight is 395 g/mol. The lowest BCUT2D eigenvalue weighted by molar-refractivity contribution is 0.0716. The molecule has 0 atom stereocenters. The largest absolute Gasteiger partial charge is 0.328 e. The molecule has 126 valence electrons. The fourth-order valence-electron chi connectivity index (χ4n) is 2.96.